The van der Waals surface area contributed by atoms with Crippen LogP contribution >= 0.6 is 0 Å². The second kappa shape index (κ2) is 4.87. The van der Waals surface area contributed by atoms with Crippen LogP contribution in [0.3, 0.4) is 0 Å². The molecule has 18 heavy (non-hydrogen) atoms. The predicted octanol–water partition coefficient (Wildman–Crippen LogP) is 3.03. The molecule has 0 unspecified atom stereocenters. The summed E-state index contributed by atoms with van der Waals surface area (Å²) in [6.45, 7) is 1.43. The average molecular weight is 244 g/mol. The SMILES string of the molecule is CC(=O)Nc1cc(N)cc(-c2ccc(F)cc2)c1. The van der Waals surface area contributed by atoms with Crippen LogP contribution < -0.4 is 11.1 Å². The summed E-state index contributed by atoms with van der Waals surface area (Å²) in [5.41, 5.74) is 8.62. The van der Waals surface area contributed by atoms with Gasteiger partial charge in [0.05, 0.1) is 0 Å². The van der Waals surface area contributed by atoms with Crippen LogP contribution in [0.5, 0.6) is 0 Å². The summed E-state index contributed by atoms with van der Waals surface area (Å²) in [7, 11) is 0. The number of anilines is 2. The Morgan fingerprint density at radius 3 is 2.39 bits per heavy atom. The van der Waals surface area contributed by atoms with Crippen molar-refractivity contribution < 1.29 is 9.18 Å². The van der Waals surface area contributed by atoms with Gasteiger partial charge in [0, 0.05) is 18.3 Å². The summed E-state index contributed by atoms with van der Waals surface area (Å²) in [4.78, 5) is 11.0. The third kappa shape index (κ3) is 2.85. The molecule has 3 N–H and O–H groups in total. The van der Waals surface area contributed by atoms with Crippen molar-refractivity contribution in [1.82, 2.24) is 0 Å². The van der Waals surface area contributed by atoms with Crippen LogP contribution in [-0.4, -0.2) is 5.91 Å². The lowest BCUT2D eigenvalue weighted by Gasteiger charge is -2.08. The highest BCUT2D eigenvalue weighted by Crippen LogP contribution is 2.26. The molecule has 1 amide bonds. The maximum Gasteiger partial charge on any atom is 0.221 e. The third-order valence-electron chi connectivity index (χ3n) is 2.45. The highest BCUT2D eigenvalue weighted by molar-refractivity contribution is 5.90. The summed E-state index contributed by atoms with van der Waals surface area (Å²) in [5.74, 6) is -0.449. The first-order chi connectivity index (χ1) is 8.54. The van der Waals surface area contributed by atoms with E-state index in [9.17, 15) is 9.18 Å². The Balaban J connectivity index is 2.41. The van der Waals surface area contributed by atoms with Gasteiger partial charge in [0.15, 0.2) is 0 Å². The van der Waals surface area contributed by atoms with Crippen molar-refractivity contribution in [3.05, 3.63) is 48.3 Å². The fourth-order valence-corrected chi connectivity index (χ4v) is 1.74. The maximum absolute atomic E-state index is 12.9. The molecule has 2 aromatic carbocycles. The van der Waals surface area contributed by atoms with Crippen LogP contribution in [0.25, 0.3) is 11.1 Å². The zero-order valence-corrected chi connectivity index (χ0v) is 9.91. The van der Waals surface area contributed by atoms with Crippen molar-refractivity contribution >= 4 is 17.3 Å². The molecule has 0 aliphatic carbocycles. The zero-order chi connectivity index (χ0) is 13.1. The molecule has 4 heteroatoms. The number of amides is 1. The summed E-state index contributed by atoms with van der Waals surface area (Å²) in [6, 6.07) is 11.4. The molecule has 0 saturated carbocycles. The van der Waals surface area contributed by atoms with Gasteiger partial charge in [-0.25, -0.2) is 4.39 Å². The molecule has 0 atom stereocenters. The number of nitrogens with two attached hydrogens (primary N) is 1. The van der Waals surface area contributed by atoms with Crippen molar-refractivity contribution in [3.63, 3.8) is 0 Å². The van der Waals surface area contributed by atoms with Gasteiger partial charge >= 0.3 is 0 Å². The minimum Gasteiger partial charge on any atom is -0.399 e. The molecule has 0 aliphatic rings. The molecule has 0 radical (unpaired) electrons. The van der Waals surface area contributed by atoms with E-state index in [0.29, 0.717) is 11.4 Å². The van der Waals surface area contributed by atoms with Gasteiger partial charge in [-0.2, -0.15) is 0 Å². The van der Waals surface area contributed by atoms with Crippen LogP contribution in [0.4, 0.5) is 15.8 Å². The van der Waals surface area contributed by atoms with Crippen molar-refractivity contribution in [1.29, 1.82) is 0 Å². The normalized spacial score (nSPS) is 10.1. The molecule has 0 aromatic heterocycles. The van der Waals surface area contributed by atoms with Gasteiger partial charge in [-0.05, 0) is 41.5 Å². The van der Waals surface area contributed by atoms with Crippen LogP contribution in [-0.2, 0) is 4.79 Å². The number of carbonyl (C=O) groups excluding carboxylic acids is 1. The second-order valence-electron chi connectivity index (χ2n) is 4.03. The van der Waals surface area contributed by atoms with Crippen LogP contribution in [0, 0.1) is 5.82 Å². The molecule has 2 rings (SSSR count). The van der Waals surface area contributed by atoms with Gasteiger partial charge in [0.2, 0.25) is 5.91 Å². The fraction of sp³-hybridized carbons (Fsp3) is 0.0714. The monoisotopic (exact) mass is 244 g/mol. The lowest BCUT2D eigenvalue weighted by molar-refractivity contribution is -0.114. The van der Waals surface area contributed by atoms with Crippen molar-refractivity contribution in [2.75, 3.05) is 11.1 Å². The van der Waals surface area contributed by atoms with Gasteiger partial charge in [-0.3, -0.25) is 4.79 Å². The topological polar surface area (TPSA) is 55.1 Å². The number of benzene rings is 2. The molecular weight excluding hydrogens is 231 g/mol. The number of hydrogen-bond donors (Lipinski definition) is 2. The van der Waals surface area contributed by atoms with E-state index in [1.54, 1.807) is 30.3 Å². The molecular formula is C14H13FN2O. The smallest absolute Gasteiger partial charge is 0.221 e. The fourth-order valence-electron chi connectivity index (χ4n) is 1.74. The molecule has 0 bridgehead atoms. The Bertz CT molecular complexity index is 579. The molecule has 92 valence electrons. The Hall–Kier alpha value is -2.36. The number of halogens is 1. The highest BCUT2D eigenvalue weighted by Gasteiger charge is 2.03. The number of carbonyl (C=O) groups is 1. The van der Waals surface area contributed by atoms with Crippen LogP contribution in [0.2, 0.25) is 0 Å². The van der Waals surface area contributed by atoms with Gasteiger partial charge in [0.25, 0.3) is 0 Å². The molecule has 0 spiro atoms. The number of nitrogen functional groups attached to an aromatic ring is 1. The lowest BCUT2D eigenvalue weighted by atomic mass is 10.0. The summed E-state index contributed by atoms with van der Waals surface area (Å²) in [5, 5.41) is 2.67. The van der Waals surface area contributed by atoms with E-state index in [0.717, 1.165) is 11.1 Å². The Morgan fingerprint density at radius 1 is 1.11 bits per heavy atom. The summed E-state index contributed by atoms with van der Waals surface area (Å²) in [6.07, 6.45) is 0. The zero-order valence-electron chi connectivity index (χ0n) is 9.91. The maximum atomic E-state index is 12.9. The van der Waals surface area contributed by atoms with Gasteiger partial charge in [-0.1, -0.05) is 12.1 Å². The first kappa shape index (κ1) is 12.1. The van der Waals surface area contributed by atoms with E-state index in [-0.39, 0.29) is 11.7 Å². The van der Waals surface area contributed by atoms with E-state index < -0.39 is 0 Å². The summed E-state index contributed by atoms with van der Waals surface area (Å²) < 4.78 is 12.9. The summed E-state index contributed by atoms with van der Waals surface area (Å²) >= 11 is 0. The number of hydrogen-bond acceptors (Lipinski definition) is 2. The predicted molar refractivity (Wildman–Crippen MR) is 70.6 cm³/mol. The number of rotatable bonds is 2. The van der Waals surface area contributed by atoms with Crippen molar-refractivity contribution in [2.45, 2.75) is 6.92 Å². The third-order valence-corrected chi connectivity index (χ3v) is 2.45. The van der Waals surface area contributed by atoms with Crippen LogP contribution in [0.15, 0.2) is 42.5 Å². The largest absolute Gasteiger partial charge is 0.399 e. The first-order valence-corrected chi connectivity index (χ1v) is 5.49. The molecule has 0 heterocycles. The Kier molecular flexibility index (Phi) is 3.28. The molecule has 0 saturated heterocycles. The average Bonchev–Trinajstić information content (AvgIpc) is 2.28. The second-order valence-corrected chi connectivity index (χ2v) is 4.03. The van der Waals surface area contributed by atoms with E-state index in [1.165, 1.54) is 19.1 Å². The Morgan fingerprint density at radius 2 is 1.78 bits per heavy atom. The number of nitrogens with one attached hydrogen (secondary N) is 1. The standard InChI is InChI=1S/C14H13FN2O/c1-9(18)17-14-7-11(6-13(16)8-14)10-2-4-12(15)5-3-10/h2-8H,16H2,1H3,(H,17,18). The van der Waals surface area contributed by atoms with Crippen LogP contribution in [0.1, 0.15) is 6.92 Å². The van der Waals surface area contributed by atoms with Gasteiger partial charge < -0.3 is 11.1 Å². The van der Waals surface area contributed by atoms with E-state index in [1.807, 2.05) is 0 Å². The lowest BCUT2D eigenvalue weighted by Crippen LogP contribution is -2.06. The van der Waals surface area contributed by atoms with Crippen molar-refractivity contribution in [3.8, 4) is 11.1 Å². The Labute approximate surface area is 104 Å². The van der Waals surface area contributed by atoms with Gasteiger partial charge in [0.1, 0.15) is 5.82 Å². The minimum atomic E-state index is -0.287. The van der Waals surface area contributed by atoms with Gasteiger partial charge in [-0.15, -0.1) is 0 Å². The highest BCUT2D eigenvalue weighted by atomic mass is 19.1. The van der Waals surface area contributed by atoms with E-state index in [4.69, 9.17) is 5.73 Å². The van der Waals surface area contributed by atoms with E-state index in [2.05, 4.69) is 5.32 Å². The molecule has 2 aromatic rings. The molecule has 0 fully saturated rings. The molecule has 3 nitrogen and oxygen atoms in total. The quantitative estimate of drug-likeness (QED) is 0.798. The van der Waals surface area contributed by atoms with E-state index >= 15 is 0 Å². The first-order valence-electron chi connectivity index (χ1n) is 5.49. The van der Waals surface area contributed by atoms with Crippen molar-refractivity contribution in [2.24, 2.45) is 0 Å². The molecule has 0 aliphatic heterocycles. The minimum absolute atomic E-state index is 0.161.